The second-order valence-corrected chi connectivity index (χ2v) is 15.5. The molecule has 6 aromatic rings. The lowest BCUT2D eigenvalue weighted by atomic mass is 9.84. The third-order valence-corrected chi connectivity index (χ3v) is 12.1. The number of fused-ring (bicyclic) bond motifs is 2. The van der Waals surface area contributed by atoms with Gasteiger partial charge in [0.1, 0.15) is 17.4 Å². The maximum atomic E-state index is 14.3. The van der Waals surface area contributed by atoms with E-state index in [1.165, 1.54) is 10.9 Å². The largest absolute Gasteiger partial charge is 0.366 e. The number of piperidine rings is 2. The van der Waals surface area contributed by atoms with E-state index in [0.717, 1.165) is 74.8 Å². The molecule has 1 aromatic carbocycles. The Labute approximate surface area is 324 Å². The Morgan fingerprint density at radius 1 is 1.00 bits per heavy atom. The Morgan fingerprint density at radius 3 is 2.53 bits per heavy atom. The lowest BCUT2D eigenvalue weighted by molar-refractivity contribution is -0.135. The minimum Gasteiger partial charge on any atom is -0.366 e. The van der Waals surface area contributed by atoms with Crippen LogP contribution in [0.15, 0.2) is 59.8 Å². The number of imidazole rings is 1. The number of hydrogen-bond donors (Lipinski definition) is 2. The average Bonchev–Trinajstić information content (AvgIpc) is 4.01. The van der Waals surface area contributed by atoms with Crippen LogP contribution < -0.4 is 16.7 Å². The number of aryl methyl sites for hydroxylation is 1. The van der Waals surface area contributed by atoms with E-state index in [9.17, 15) is 28.0 Å². The summed E-state index contributed by atoms with van der Waals surface area (Å²) in [6.07, 6.45) is 7.70. The summed E-state index contributed by atoms with van der Waals surface area (Å²) in [6.45, 7) is 2.81. The molecule has 0 radical (unpaired) electrons. The van der Waals surface area contributed by atoms with Gasteiger partial charge in [-0.3, -0.25) is 33.5 Å². The van der Waals surface area contributed by atoms with Crippen molar-refractivity contribution in [3.8, 4) is 17.1 Å². The molecule has 0 bridgehead atoms. The SMILES string of the molecule is Cn1c(=O)n(C2CCC(=O)NC2=O)c2cccc(C3CCN(CC4CCC(n5cc(-n6cc(-c7ccc8cc(C(N)=O)cnn78)nn6)c(C(F)F)n5)CC4)CC3)c21. The number of carbonyl (C=O) groups excluding carboxylic acids is 3. The molecule has 296 valence electrons. The Morgan fingerprint density at radius 2 is 1.79 bits per heavy atom. The maximum Gasteiger partial charge on any atom is 0.329 e. The third-order valence-electron chi connectivity index (χ3n) is 12.1. The summed E-state index contributed by atoms with van der Waals surface area (Å²) in [4.78, 5) is 52.0. The highest BCUT2D eigenvalue weighted by Crippen LogP contribution is 2.38. The second-order valence-electron chi connectivity index (χ2n) is 15.5. The summed E-state index contributed by atoms with van der Waals surface area (Å²) >= 11 is 0. The molecule has 57 heavy (non-hydrogen) atoms. The molecule has 1 aliphatic carbocycles. The zero-order valence-corrected chi connectivity index (χ0v) is 31.3. The summed E-state index contributed by atoms with van der Waals surface area (Å²) in [5, 5.41) is 19.4. The lowest BCUT2D eigenvalue weighted by Crippen LogP contribution is -2.44. The zero-order valence-electron chi connectivity index (χ0n) is 31.3. The molecule has 1 saturated carbocycles. The predicted octanol–water partition coefficient (Wildman–Crippen LogP) is 4.06. The van der Waals surface area contributed by atoms with Crippen LogP contribution in [-0.4, -0.2) is 85.8 Å². The number of hydrogen-bond acceptors (Lipinski definition) is 9. The highest BCUT2D eigenvalue weighted by atomic mass is 19.3. The monoisotopic (exact) mass is 780 g/mol. The van der Waals surface area contributed by atoms with Gasteiger partial charge in [-0.2, -0.15) is 10.2 Å². The highest BCUT2D eigenvalue weighted by Gasteiger charge is 2.34. The number of halogens is 2. The van der Waals surface area contributed by atoms with Crippen molar-refractivity contribution in [2.75, 3.05) is 19.6 Å². The van der Waals surface area contributed by atoms with Crippen LogP contribution in [0.5, 0.6) is 0 Å². The van der Waals surface area contributed by atoms with Crippen LogP contribution in [0.2, 0.25) is 0 Å². The lowest BCUT2D eigenvalue weighted by Gasteiger charge is -2.37. The fraction of sp³-hybridized carbons (Fsp3) is 0.436. The summed E-state index contributed by atoms with van der Waals surface area (Å²) in [6, 6.07) is 10.3. The molecule has 2 aliphatic heterocycles. The number of primary amides is 1. The van der Waals surface area contributed by atoms with Gasteiger partial charge in [-0.1, -0.05) is 17.3 Å². The molecule has 3 amide bonds. The quantitative estimate of drug-likeness (QED) is 0.204. The van der Waals surface area contributed by atoms with Crippen LogP contribution in [0.25, 0.3) is 33.6 Å². The van der Waals surface area contributed by atoms with Crippen molar-refractivity contribution in [3.05, 3.63) is 82.3 Å². The van der Waals surface area contributed by atoms with Gasteiger partial charge in [0.2, 0.25) is 17.7 Å². The van der Waals surface area contributed by atoms with Crippen LogP contribution in [0, 0.1) is 5.92 Å². The van der Waals surface area contributed by atoms with Crippen molar-refractivity contribution in [1.82, 2.24) is 53.7 Å². The molecule has 1 atom stereocenters. The van der Waals surface area contributed by atoms with E-state index in [-0.39, 0.29) is 46.9 Å². The van der Waals surface area contributed by atoms with Crippen molar-refractivity contribution < 1.29 is 23.2 Å². The molecule has 3 N–H and O–H groups in total. The van der Waals surface area contributed by atoms with Gasteiger partial charge in [-0.05, 0) is 99.7 Å². The van der Waals surface area contributed by atoms with E-state index < -0.39 is 24.3 Å². The van der Waals surface area contributed by atoms with Crippen molar-refractivity contribution in [2.45, 2.75) is 75.8 Å². The van der Waals surface area contributed by atoms with E-state index in [2.05, 4.69) is 36.8 Å². The minimum atomic E-state index is -2.81. The van der Waals surface area contributed by atoms with Gasteiger partial charge >= 0.3 is 5.69 Å². The van der Waals surface area contributed by atoms with Gasteiger partial charge in [-0.25, -0.2) is 22.8 Å². The van der Waals surface area contributed by atoms with Gasteiger partial charge < -0.3 is 10.6 Å². The van der Waals surface area contributed by atoms with E-state index >= 15 is 0 Å². The number of carbonyl (C=O) groups is 3. The van der Waals surface area contributed by atoms with Crippen LogP contribution in [0.1, 0.15) is 97.4 Å². The molecular formula is C39H42F2N12O4. The molecule has 2 saturated heterocycles. The van der Waals surface area contributed by atoms with Gasteiger partial charge in [-0.15, -0.1) is 5.10 Å². The first kappa shape index (κ1) is 36.6. The van der Waals surface area contributed by atoms with Crippen LogP contribution in [-0.2, 0) is 16.6 Å². The third kappa shape index (κ3) is 6.60. The van der Waals surface area contributed by atoms with E-state index in [1.807, 2.05) is 12.1 Å². The van der Waals surface area contributed by atoms with Crippen LogP contribution >= 0.6 is 0 Å². The number of likely N-dealkylation sites (tertiary alicyclic amines) is 1. The van der Waals surface area contributed by atoms with Crippen molar-refractivity contribution in [3.63, 3.8) is 0 Å². The Bertz CT molecular complexity index is 2590. The molecule has 7 heterocycles. The first-order valence-corrected chi connectivity index (χ1v) is 19.4. The van der Waals surface area contributed by atoms with Crippen molar-refractivity contribution in [2.24, 2.45) is 18.7 Å². The fourth-order valence-corrected chi connectivity index (χ4v) is 9.15. The topological polar surface area (TPSA) is 185 Å². The molecule has 3 fully saturated rings. The van der Waals surface area contributed by atoms with Gasteiger partial charge in [0, 0.05) is 20.0 Å². The average molecular weight is 781 g/mol. The number of imide groups is 1. The number of benzene rings is 1. The maximum absolute atomic E-state index is 14.3. The highest BCUT2D eigenvalue weighted by molar-refractivity contribution is 6.00. The van der Waals surface area contributed by atoms with Gasteiger partial charge in [0.05, 0.1) is 52.4 Å². The number of para-hydroxylation sites is 1. The second kappa shape index (κ2) is 14.5. The van der Waals surface area contributed by atoms with Crippen LogP contribution in [0.4, 0.5) is 8.78 Å². The number of nitrogens with zero attached hydrogens (tertiary/aromatic N) is 10. The van der Waals surface area contributed by atoms with Gasteiger partial charge in [0.15, 0.2) is 5.69 Å². The predicted molar refractivity (Wildman–Crippen MR) is 203 cm³/mol. The van der Waals surface area contributed by atoms with Gasteiger partial charge in [0.25, 0.3) is 6.43 Å². The van der Waals surface area contributed by atoms with Crippen LogP contribution in [0.3, 0.4) is 0 Å². The minimum absolute atomic E-state index is 0.0148. The first-order chi connectivity index (χ1) is 27.5. The standard InChI is InChI=1S/C39H42F2N12O4/c1-48-35-27(3-2-4-30(35)52(39(48)57)31-11-12-33(54)44-38(31)56)23-13-15-49(16-14-23)19-22-5-7-25(8-6-22)50-21-32(34(46-50)36(40)41)51-20-28(45-47-51)29-10-9-26-17-24(37(42)55)18-43-53(26)29/h2-4,9-10,17-18,20-23,25,31,36H,5-8,11-16,19H2,1H3,(H2,42,55)(H,44,54,56). The molecule has 18 heteroatoms. The normalized spacial score (nSPS) is 21.2. The summed E-state index contributed by atoms with van der Waals surface area (Å²) < 4.78 is 36.4. The number of nitrogens with two attached hydrogens (primary N) is 1. The fourth-order valence-electron chi connectivity index (χ4n) is 9.15. The van der Waals surface area contributed by atoms with E-state index in [1.54, 1.807) is 56.0 Å². The summed E-state index contributed by atoms with van der Waals surface area (Å²) in [7, 11) is 1.75. The number of alkyl halides is 2. The van der Waals surface area contributed by atoms with Crippen molar-refractivity contribution in [1.29, 1.82) is 0 Å². The molecule has 5 aromatic heterocycles. The Hall–Kier alpha value is -6.04. The first-order valence-electron chi connectivity index (χ1n) is 19.4. The summed E-state index contributed by atoms with van der Waals surface area (Å²) in [5.74, 6) is -0.598. The summed E-state index contributed by atoms with van der Waals surface area (Å²) in [5.41, 5.74) is 9.49. The number of nitrogens with one attached hydrogen (secondary N) is 1. The Kier molecular flexibility index (Phi) is 9.29. The molecule has 0 spiro atoms. The van der Waals surface area contributed by atoms with Crippen molar-refractivity contribution >= 4 is 34.3 Å². The number of amides is 3. The van der Waals surface area contributed by atoms with E-state index in [0.29, 0.717) is 29.2 Å². The molecule has 1 unspecified atom stereocenters. The zero-order chi connectivity index (χ0) is 39.5. The van der Waals surface area contributed by atoms with E-state index in [4.69, 9.17) is 5.73 Å². The number of aromatic nitrogens is 9. The number of rotatable bonds is 9. The Balaban J connectivity index is 0.832. The molecule has 16 nitrogen and oxygen atoms in total. The molecular weight excluding hydrogens is 739 g/mol. The molecule has 3 aliphatic rings. The molecule has 9 rings (SSSR count). The smallest absolute Gasteiger partial charge is 0.329 e.